The minimum Gasteiger partial charge on any atom is -0.310 e. The molecule has 1 aromatic carbocycles. The molecule has 1 heterocycles. The molecule has 5 heteroatoms. The number of nitrogens with one attached hydrogen (secondary N) is 1. The highest BCUT2D eigenvalue weighted by Crippen LogP contribution is 2.22. The van der Waals surface area contributed by atoms with E-state index in [0.29, 0.717) is 12.1 Å². The molecule has 2 aromatic rings. The van der Waals surface area contributed by atoms with Gasteiger partial charge in [-0.3, -0.25) is 4.98 Å². The van der Waals surface area contributed by atoms with Gasteiger partial charge in [0.2, 0.25) is 0 Å². The average molecular weight is 280 g/mol. The molecule has 1 aromatic heterocycles. The number of hydrogen-bond acceptors (Lipinski definition) is 2. The van der Waals surface area contributed by atoms with Gasteiger partial charge < -0.3 is 5.32 Å². The lowest BCUT2D eigenvalue weighted by atomic mass is 9.99. The van der Waals surface area contributed by atoms with Crippen LogP contribution < -0.4 is 5.32 Å². The molecule has 1 atom stereocenters. The van der Waals surface area contributed by atoms with Crippen molar-refractivity contribution in [2.75, 3.05) is 6.54 Å². The van der Waals surface area contributed by atoms with Crippen LogP contribution in [-0.2, 0) is 6.42 Å². The topological polar surface area (TPSA) is 24.9 Å². The summed E-state index contributed by atoms with van der Waals surface area (Å²) in [6.07, 6.45) is 2.75. The van der Waals surface area contributed by atoms with Crippen LogP contribution in [0.2, 0.25) is 0 Å². The van der Waals surface area contributed by atoms with E-state index in [0.717, 1.165) is 24.4 Å². The van der Waals surface area contributed by atoms with E-state index in [9.17, 15) is 13.2 Å². The van der Waals surface area contributed by atoms with E-state index in [2.05, 4.69) is 10.3 Å². The van der Waals surface area contributed by atoms with Gasteiger partial charge in [-0.2, -0.15) is 0 Å². The van der Waals surface area contributed by atoms with Crippen molar-refractivity contribution in [3.8, 4) is 0 Å². The summed E-state index contributed by atoms with van der Waals surface area (Å²) in [4.78, 5) is 3.69. The molecule has 0 aliphatic heterocycles. The third kappa shape index (κ3) is 3.36. The number of aromatic nitrogens is 1. The Morgan fingerprint density at radius 2 is 1.95 bits per heavy atom. The number of nitrogens with zero attached hydrogens (tertiary/aromatic N) is 1. The summed E-state index contributed by atoms with van der Waals surface area (Å²) in [6.45, 7) is 2.46. The molecule has 0 saturated heterocycles. The molecule has 1 unspecified atom stereocenters. The first-order valence-electron chi connectivity index (χ1n) is 6.38. The van der Waals surface area contributed by atoms with Gasteiger partial charge in [-0.1, -0.05) is 6.92 Å². The molecular formula is C15H15F3N2. The summed E-state index contributed by atoms with van der Waals surface area (Å²) in [7, 11) is 0. The van der Waals surface area contributed by atoms with Gasteiger partial charge in [0.15, 0.2) is 0 Å². The number of hydrogen-bond donors (Lipinski definition) is 1. The minimum absolute atomic E-state index is 0.165. The Morgan fingerprint density at radius 3 is 2.65 bits per heavy atom. The normalized spacial score (nSPS) is 12.4. The lowest BCUT2D eigenvalue weighted by Gasteiger charge is -2.19. The van der Waals surface area contributed by atoms with Crippen LogP contribution in [0.1, 0.15) is 24.1 Å². The van der Waals surface area contributed by atoms with Crippen LogP contribution in [-0.4, -0.2) is 11.5 Å². The van der Waals surface area contributed by atoms with E-state index in [1.54, 1.807) is 6.07 Å². The maximum atomic E-state index is 13.8. The molecule has 2 rings (SSSR count). The Bertz CT molecular complexity index is 587. The summed E-state index contributed by atoms with van der Waals surface area (Å²) >= 11 is 0. The molecule has 0 spiro atoms. The quantitative estimate of drug-likeness (QED) is 0.908. The zero-order valence-electron chi connectivity index (χ0n) is 11.0. The SMILES string of the molecule is CCNC(Cc1cc(F)ccc1F)c1ccncc1F. The van der Waals surface area contributed by atoms with Gasteiger partial charge >= 0.3 is 0 Å². The largest absolute Gasteiger partial charge is 0.310 e. The highest BCUT2D eigenvalue weighted by Gasteiger charge is 2.17. The summed E-state index contributed by atoms with van der Waals surface area (Å²) in [5.41, 5.74) is 0.609. The molecule has 0 aliphatic rings. The number of halogens is 3. The summed E-state index contributed by atoms with van der Waals surface area (Å²) in [5.74, 6) is -1.47. The molecule has 0 bridgehead atoms. The number of likely N-dealkylation sites (N-methyl/N-ethyl adjacent to an activating group) is 1. The van der Waals surface area contributed by atoms with E-state index < -0.39 is 23.5 Å². The minimum atomic E-state index is -0.508. The first-order chi connectivity index (χ1) is 9.61. The molecule has 0 amide bonds. The Labute approximate surface area is 115 Å². The second kappa shape index (κ2) is 6.52. The molecule has 0 radical (unpaired) electrons. The van der Waals surface area contributed by atoms with Crippen molar-refractivity contribution >= 4 is 0 Å². The van der Waals surface area contributed by atoms with Crippen LogP contribution in [0.25, 0.3) is 0 Å². The van der Waals surface area contributed by atoms with Gasteiger partial charge in [-0.25, -0.2) is 13.2 Å². The maximum absolute atomic E-state index is 13.8. The monoisotopic (exact) mass is 280 g/mol. The first kappa shape index (κ1) is 14.5. The second-order valence-electron chi connectivity index (χ2n) is 4.45. The maximum Gasteiger partial charge on any atom is 0.146 e. The third-order valence-electron chi connectivity index (χ3n) is 3.06. The Kier molecular flexibility index (Phi) is 4.74. The zero-order valence-corrected chi connectivity index (χ0v) is 11.0. The predicted molar refractivity (Wildman–Crippen MR) is 70.7 cm³/mol. The third-order valence-corrected chi connectivity index (χ3v) is 3.06. The standard InChI is InChI=1S/C15H15F3N2/c1-2-20-15(12-5-6-19-9-14(12)18)8-10-7-11(16)3-4-13(10)17/h3-7,9,15,20H,2,8H2,1H3. The van der Waals surface area contributed by atoms with Crippen LogP contribution in [0.4, 0.5) is 13.2 Å². The Morgan fingerprint density at radius 1 is 1.15 bits per heavy atom. The number of benzene rings is 1. The van der Waals surface area contributed by atoms with Crippen LogP contribution in [0.3, 0.4) is 0 Å². The van der Waals surface area contributed by atoms with Crippen molar-refractivity contribution in [1.29, 1.82) is 0 Å². The van der Waals surface area contributed by atoms with Gasteiger partial charge in [0.05, 0.1) is 6.20 Å². The summed E-state index contributed by atoms with van der Waals surface area (Å²) in [5, 5.41) is 3.08. The van der Waals surface area contributed by atoms with Crippen molar-refractivity contribution in [2.24, 2.45) is 0 Å². The average Bonchev–Trinajstić information content (AvgIpc) is 2.43. The Hall–Kier alpha value is -1.88. The molecule has 0 saturated carbocycles. The van der Waals surface area contributed by atoms with Crippen LogP contribution in [0.5, 0.6) is 0 Å². The summed E-state index contributed by atoms with van der Waals surface area (Å²) in [6, 6.07) is 4.39. The van der Waals surface area contributed by atoms with Gasteiger partial charge in [0.1, 0.15) is 17.5 Å². The van der Waals surface area contributed by atoms with Gasteiger partial charge in [0.25, 0.3) is 0 Å². The van der Waals surface area contributed by atoms with Crippen molar-refractivity contribution in [2.45, 2.75) is 19.4 Å². The first-order valence-corrected chi connectivity index (χ1v) is 6.38. The van der Waals surface area contributed by atoms with Crippen LogP contribution in [0, 0.1) is 17.5 Å². The molecule has 106 valence electrons. The van der Waals surface area contributed by atoms with Crippen LogP contribution >= 0.6 is 0 Å². The molecule has 0 fully saturated rings. The lowest BCUT2D eigenvalue weighted by Crippen LogP contribution is -2.24. The van der Waals surface area contributed by atoms with E-state index in [-0.39, 0.29) is 12.0 Å². The second-order valence-corrected chi connectivity index (χ2v) is 4.45. The molecule has 0 aliphatic carbocycles. The fourth-order valence-electron chi connectivity index (χ4n) is 2.13. The van der Waals surface area contributed by atoms with Crippen molar-refractivity contribution in [1.82, 2.24) is 10.3 Å². The number of pyridine rings is 1. The fraction of sp³-hybridized carbons (Fsp3) is 0.267. The molecule has 1 N–H and O–H groups in total. The van der Waals surface area contributed by atoms with Gasteiger partial charge in [-0.15, -0.1) is 0 Å². The van der Waals surface area contributed by atoms with Gasteiger partial charge in [0, 0.05) is 17.8 Å². The zero-order chi connectivity index (χ0) is 14.5. The smallest absolute Gasteiger partial charge is 0.146 e. The van der Waals surface area contributed by atoms with Crippen LogP contribution in [0.15, 0.2) is 36.7 Å². The van der Waals surface area contributed by atoms with E-state index >= 15 is 0 Å². The predicted octanol–water partition coefficient (Wildman–Crippen LogP) is 3.39. The molecule has 20 heavy (non-hydrogen) atoms. The van der Waals surface area contributed by atoms with E-state index in [4.69, 9.17) is 0 Å². The van der Waals surface area contributed by atoms with Crippen molar-refractivity contribution in [3.05, 3.63) is 65.2 Å². The van der Waals surface area contributed by atoms with Crippen molar-refractivity contribution in [3.63, 3.8) is 0 Å². The Balaban J connectivity index is 2.30. The number of rotatable bonds is 5. The highest BCUT2D eigenvalue weighted by atomic mass is 19.1. The highest BCUT2D eigenvalue weighted by molar-refractivity contribution is 5.24. The van der Waals surface area contributed by atoms with E-state index in [1.165, 1.54) is 6.20 Å². The van der Waals surface area contributed by atoms with Gasteiger partial charge in [-0.05, 0) is 42.8 Å². The lowest BCUT2D eigenvalue weighted by molar-refractivity contribution is 0.493. The molecule has 2 nitrogen and oxygen atoms in total. The van der Waals surface area contributed by atoms with E-state index in [1.807, 2.05) is 6.92 Å². The fourth-order valence-corrected chi connectivity index (χ4v) is 2.13. The summed E-state index contributed by atoms with van der Waals surface area (Å²) < 4.78 is 40.7. The molecular weight excluding hydrogens is 265 g/mol. The van der Waals surface area contributed by atoms with Crippen molar-refractivity contribution < 1.29 is 13.2 Å².